The van der Waals surface area contributed by atoms with Crippen LogP contribution in [-0.4, -0.2) is 17.4 Å². The summed E-state index contributed by atoms with van der Waals surface area (Å²) in [5, 5.41) is 9.26. The summed E-state index contributed by atoms with van der Waals surface area (Å²) in [6.45, 7) is 7.82. The summed E-state index contributed by atoms with van der Waals surface area (Å²) >= 11 is 0. The molecule has 1 N–H and O–H groups in total. The topological polar surface area (TPSA) is 46.5 Å². The molecule has 1 atom stereocenters. The van der Waals surface area contributed by atoms with Crippen molar-refractivity contribution >= 4 is 5.97 Å². The number of carbonyl (C=O) groups is 1. The van der Waals surface area contributed by atoms with Crippen molar-refractivity contribution in [3.8, 4) is 0 Å². The summed E-state index contributed by atoms with van der Waals surface area (Å²) in [7, 11) is 0. The molecule has 0 saturated heterocycles. The molecule has 0 amide bonds. The fraction of sp³-hybridized carbons (Fsp3) is 0.900. The summed E-state index contributed by atoms with van der Waals surface area (Å²) in [5.74, 6) is 0.295. The molecule has 0 radical (unpaired) electrons. The van der Waals surface area contributed by atoms with Crippen molar-refractivity contribution in [3.63, 3.8) is 0 Å². The van der Waals surface area contributed by atoms with Gasteiger partial charge in [0.05, 0.1) is 0 Å². The lowest BCUT2D eigenvalue weighted by Gasteiger charge is -2.14. The molecule has 1 unspecified atom stereocenters. The van der Waals surface area contributed by atoms with Gasteiger partial charge in [-0.15, -0.1) is 0 Å². The van der Waals surface area contributed by atoms with Crippen LogP contribution in [0.1, 0.15) is 40.5 Å². The molecule has 0 aromatic heterocycles. The number of ether oxygens (including phenoxy) is 1. The zero-order chi connectivity index (χ0) is 10.4. The van der Waals surface area contributed by atoms with E-state index in [9.17, 15) is 9.90 Å². The smallest absolute Gasteiger partial charge is 0.308 e. The van der Waals surface area contributed by atoms with Gasteiger partial charge in [-0.25, -0.2) is 0 Å². The maximum atomic E-state index is 11.1. The highest BCUT2D eigenvalue weighted by Gasteiger charge is 2.13. The normalized spacial score (nSPS) is 13.5. The van der Waals surface area contributed by atoms with Crippen LogP contribution in [0.15, 0.2) is 0 Å². The quantitative estimate of drug-likeness (QED) is 0.529. The minimum atomic E-state index is -0.939. The van der Waals surface area contributed by atoms with Crippen molar-refractivity contribution in [1.29, 1.82) is 0 Å². The molecule has 0 aromatic carbocycles. The van der Waals surface area contributed by atoms with E-state index in [0.29, 0.717) is 18.8 Å². The van der Waals surface area contributed by atoms with Crippen LogP contribution in [0.5, 0.6) is 0 Å². The Kier molecular flexibility index (Phi) is 5.71. The monoisotopic (exact) mass is 188 g/mol. The molecule has 0 bridgehead atoms. The lowest BCUT2D eigenvalue weighted by atomic mass is 10.1. The second-order valence-electron chi connectivity index (χ2n) is 4.17. The van der Waals surface area contributed by atoms with Gasteiger partial charge in [0.15, 0.2) is 0 Å². The van der Waals surface area contributed by atoms with E-state index in [2.05, 4.69) is 0 Å². The van der Waals surface area contributed by atoms with Crippen LogP contribution < -0.4 is 0 Å². The lowest BCUT2D eigenvalue weighted by Crippen LogP contribution is -2.20. The van der Waals surface area contributed by atoms with Crippen LogP contribution in [0, 0.1) is 11.8 Å². The first-order valence-corrected chi connectivity index (χ1v) is 4.79. The highest BCUT2D eigenvalue weighted by Crippen LogP contribution is 2.08. The molecule has 78 valence electrons. The van der Waals surface area contributed by atoms with E-state index >= 15 is 0 Å². The van der Waals surface area contributed by atoms with Crippen LogP contribution >= 0.6 is 0 Å². The van der Waals surface area contributed by atoms with Gasteiger partial charge >= 0.3 is 5.97 Å². The van der Waals surface area contributed by atoms with Gasteiger partial charge in [0.25, 0.3) is 0 Å². The second-order valence-corrected chi connectivity index (χ2v) is 4.17. The Morgan fingerprint density at radius 1 is 1.23 bits per heavy atom. The minimum absolute atomic E-state index is 0.277. The SMILES string of the molecule is CC(C)CC(=O)OC(O)CC(C)C. The van der Waals surface area contributed by atoms with E-state index in [1.165, 1.54) is 0 Å². The highest BCUT2D eigenvalue weighted by molar-refractivity contribution is 5.69. The van der Waals surface area contributed by atoms with Gasteiger partial charge in [0.1, 0.15) is 0 Å². The standard InChI is InChI=1S/C10H20O3/c1-7(2)5-9(11)13-10(12)6-8(3)4/h7-9,11H,5-6H2,1-4H3. The summed E-state index contributed by atoms with van der Waals surface area (Å²) in [5.41, 5.74) is 0. The molecule has 0 aliphatic rings. The van der Waals surface area contributed by atoms with Crippen LogP contribution in [0.2, 0.25) is 0 Å². The Morgan fingerprint density at radius 2 is 1.77 bits per heavy atom. The fourth-order valence-electron chi connectivity index (χ4n) is 0.985. The fourth-order valence-corrected chi connectivity index (χ4v) is 0.985. The first-order chi connectivity index (χ1) is 5.91. The molecular formula is C10H20O3. The zero-order valence-corrected chi connectivity index (χ0v) is 8.91. The van der Waals surface area contributed by atoms with Crippen LogP contribution in [0.4, 0.5) is 0 Å². The van der Waals surface area contributed by atoms with Crippen molar-refractivity contribution in [2.24, 2.45) is 11.8 Å². The van der Waals surface area contributed by atoms with Gasteiger partial charge in [-0.1, -0.05) is 27.7 Å². The van der Waals surface area contributed by atoms with E-state index in [-0.39, 0.29) is 11.9 Å². The van der Waals surface area contributed by atoms with Gasteiger partial charge in [-0.2, -0.15) is 0 Å². The van der Waals surface area contributed by atoms with Gasteiger partial charge in [-0.3, -0.25) is 4.79 Å². The zero-order valence-electron chi connectivity index (χ0n) is 8.91. The molecular weight excluding hydrogens is 168 g/mol. The number of aliphatic hydroxyl groups excluding tert-OH is 1. The van der Waals surface area contributed by atoms with Crippen LogP contribution in [0.3, 0.4) is 0 Å². The molecule has 0 rings (SSSR count). The van der Waals surface area contributed by atoms with Crippen LogP contribution in [0.25, 0.3) is 0 Å². The highest BCUT2D eigenvalue weighted by atomic mass is 16.6. The Hall–Kier alpha value is -0.570. The minimum Gasteiger partial charge on any atom is -0.436 e. The van der Waals surface area contributed by atoms with Gasteiger partial charge in [0.2, 0.25) is 6.29 Å². The number of aliphatic hydroxyl groups is 1. The molecule has 0 spiro atoms. The molecule has 0 saturated carbocycles. The average Bonchev–Trinajstić information content (AvgIpc) is 1.80. The third-order valence-electron chi connectivity index (χ3n) is 1.52. The summed E-state index contributed by atoms with van der Waals surface area (Å²) in [6.07, 6.45) is -0.0647. The van der Waals surface area contributed by atoms with Crippen LogP contribution in [-0.2, 0) is 9.53 Å². The van der Waals surface area contributed by atoms with Gasteiger partial charge in [0, 0.05) is 12.8 Å². The van der Waals surface area contributed by atoms with Crippen molar-refractivity contribution in [2.45, 2.75) is 46.8 Å². The van der Waals surface area contributed by atoms with E-state index in [1.54, 1.807) is 0 Å². The Balaban J connectivity index is 3.65. The predicted octanol–water partition coefficient (Wildman–Crippen LogP) is 1.94. The Labute approximate surface area is 80.1 Å². The Morgan fingerprint density at radius 3 is 2.15 bits per heavy atom. The first-order valence-electron chi connectivity index (χ1n) is 4.79. The summed E-state index contributed by atoms with van der Waals surface area (Å²) in [4.78, 5) is 11.1. The maximum Gasteiger partial charge on any atom is 0.308 e. The Bertz CT molecular complexity index is 152. The summed E-state index contributed by atoms with van der Waals surface area (Å²) < 4.78 is 4.79. The van der Waals surface area contributed by atoms with Gasteiger partial charge < -0.3 is 9.84 Å². The third-order valence-corrected chi connectivity index (χ3v) is 1.52. The molecule has 0 aromatic rings. The third kappa shape index (κ3) is 7.78. The molecule has 0 aliphatic carbocycles. The van der Waals surface area contributed by atoms with E-state index in [0.717, 1.165) is 0 Å². The number of rotatable bonds is 5. The van der Waals surface area contributed by atoms with Crippen molar-refractivity contribution in [1.82, 2.24) is 0 Å². The van der Waals surface area contributed by atoms with E-state index in [1.807, 2.05) is 27.7 Å². The van der Waals surface area contributed by atoms with Crippen molar-refractivity contribution in [3.05, 3.63) is 0 Å². The lowest BCUT2D eigenvalue weighted by molar-refractivity contribution is -0.170. The largest absolute Gasteiger partial charge is 0.436 e. The number of hydrogen-bond donors (Lipinski definition) is 1. The molecule has 3 heteroatoms. The van der Waals surface area contributed by atoms with E-state index < -0.39 is 6.29 Å². The molecule has 3 nitrogen and oxygen atoms in total. The van der Waals surface area contributed by atoms with Crippen molar-refractivity contribution in [2.75, 3.05) is 0 Å². The van der Waals surface area contributed by atoms with Crippen molar-refractivity contribution < 1.29 is 14.6 Å². The van der Waals surface area contributed by atoms with Gasteiger partial charge in [-0.05, 0) is 11.8 Å². The second kappa shape index (κ2) is 5.97. The molecule has 0 heterocycles. The maximum absolute atomic E-state index is 11.1. The number of hydrogen-bond acceptors (Lipinski definition) is 3. The first kappa shape index (κ1) is 12.4. The molecule has 0 aliphatic heterocycles. The predicted molar refractivity (Wildman–Crippen MR) is 51.0 cm³/mol. The summed E-state index contributed by atoms with van der Waals surface area (Å²) in [6, 6.07) is 0. The molecule has 0 fully saturated rings. The van der Waals surface area contributed by atoms with E-state index in [4.69, 9.17) is 4.74 Å². The number of carbonyl (C=O) groups excluding carboxylic acids is 1. The average molecular weight is 188 g/mol. The number of esters is 1. The molecule has 13 heavy (non-hydrogen) atoms.